The molecule has 0 bridgehead atoms. The molecule has 0 aromatic carbocycles. The van der Waals surface area contributed by atoms with E-state index in [-0.39, 0.29) is 12.2 Å². The molecule has 3 aliphatic rings. The maximum absolute atomic E-state index is 11.9. The molecule has 1 amide bonds. The quantitative estimate of drug-likeness (QED) is 0.734. The van der Waals surface area contributed by atoms with Crippen LogP contribution in [0, 0.1) is 0 Å². The zero-order valence-corrected chi connectivity index (χ0v) is 9.65. The molecule has 0 aromatic heterocycles. The van der Waals surface area contributed by atoms with E-state index in [4.69, 9.17) is 4.74 Å². The number of ether oxygens (including phenoxy) is 1. The monoisotopic (exact) mass is 224 g/mol. The second-order valence-electron chi connectivity index (χ2n) is 5.18. The standard InChI is InChI=1S/C12H20N2O2/c15-12-14(9-4-2-1-3-5-9)10-6-7-13-8-11(10)16-12/h9-11,13H,1-8H2. The van der Waals surface area contributed by atoms with Crippen LogP contribution < -0.4 is 5.32 Å². The highest BCUT2D eigenvalue weighted by atomic mass is 16.6. The molecular formula is C12H20N2O2. The number of carbonyl (C=O) groups excluding carboxylic acids is 1. The lowest BCUT2D eigenvalue weighted by molar-refractivity contribution is 0.121. The van der Waals surface area contributed by atoms with Crippen LogP contribution in [0.4, 0.5) is 4.79 Å². The number of rotatable bonds is 1. The molecule has 2 heterocycles. The van der Waals surface area contributed by atoms with Crippen molar-refractivity contribution in [3.63, 3.8) is 0 Å². The van der Waals surface area contributed by atoms with Crippen LogP contribution in [0.5, 0.6) is 0 Å². The van der Waals surface area contributed by atoms with Crippen LogP contribution >= 0.6 is 0 Å². The summed E-state index contributed by atoms with van der Waals surface area (Å²) < 4.78 is 5.46. The number of fused-ring (bicyclic) bond motifs is 1. The molecule has 0 spiro atoms. The molecule has 2 aliphatic heterocycles. The molecule has 2 atom stereocenters. The Morgan fingerprint density at radius 2 is 2.00 bits per heavy atom. The summed E-state index contributed by atoms with van der Waals surface area (Å²) in [6.45, 7) is 1.85. The van der Waals surface area contributed by atoms with Gasteiger partial charge in [0.05, 0.1) is 6.04 Å². The van der Waals surface area contributed by atoms with Crippen molar-refractivity contribution in [3.05, 3.63) is 0 Å². The average molecular weight is 224 g/mol. The lowest BCUT2D eigenvalue weighted by atomic mass is 9.92. The molecule has 2 unspecified atom stereocenters. The Kier molecular flexibility index (Phi) is 2.75. The van der Waals surface area contributed by atoms with Crippen LogP contribution in [0.2, 0.25) is 0 Å². The van der Waals surface area contributed by atoms with E-state index in [1.54, 1.807) is 0 Å². The molecule has 1 aliphatic carbocycles. The summed E-state index contributed by atoms with van der Waals surface area (Å²) >= 11 is 0. The summed E-state index contributed by atoms with van der Waals surface area (Å²) in [7, 11) is 0. The lowest BCUT2D eigenvalue weighted by Gasteiger charge is -2.36. The van der Waals surface area contributed by atoms with Crippen molar-refractivity contribution in [1.82, 2.24) is 10.2 Å². The van der Waals surface area contributed by atoms with Gasteiger partial charge in [0.1, 0.15) is 6.10 Å². The van der Waals surface area contributed by atoms with Crippen LogP contribution in [0.1, 0.15) is 38.5 Å². The van der Waals surface area contributed by atoms with Gasteiger partial charge in [0, 0.05) is 12.6 Å². The van der Waals surface area contributed by atoms with Crippen molar-refractivity contribution < 1.29 is 9.53 Å². The topological polar surface area (TPSA) is 41.6 Å². The number of piperidine rings is 1. The Bertz CT molecular complexity index is 276. The van der Waals surface area contributed by atoms with E-state index in [9.17, 15) is 4.79 Å². The lowest BCUT2D eigenvalue weighted by Crippen LogP contribution is -2.50. The fourth-order valence-electron chi connectivity index (χ4n) is 3.36. The van der Waals surface area contributed by atoms with Gasteiger partial charge in [-0.2, -0.15) is 0 Å². The number of hydrogen-bond acceptors (Lipinski definition) is 3. The van der Waals surface area contributed by atoms with E-state index in [1.165, 1.54) is 32.1 Å². The first kappa shape index (κ1) is 10.4. The highest BCUT2D eigenvalue weighted by molar-refractivity contribution is 5.71. The third-order valence-electron chi connectivity index (χ3n) is 4.18. The molecule has 16 heavy (non-hydrogen) atoms. The van der Waals surface area contributed by atoms with Gasteiger partial charge in [-0.1, -0.05) is 19.3 Å². The second-order valence-corrected chi connectivity index (χ2v) is 5.18. The van der Waals surface area contributed by atoms with Crippen molar-refractivity contribution in [2.75, 3.05) is 13.1 Å². The third-order valence-corrected chi connectivity index (χ3v) is 4.18. The van der Waals surface area contributed by atoms with Gasteiger partial charge in [0.15, 0.2) is 0 Å². The maximum Gasteiger partial charge on any atom is 0.410 e. The maximum atomic E-state index is 11.9. The first-order chi connectivity index (χ1) is 7.86. The van der Waals surface area contributed by atoms with Crippen molar-refractivity contribution in [3.8, 4) is 0 Å². The zero-order chi connectivity index (χ0) is 11.0. The Balaban J connectivity index is 1.74. The first-order valence-electron chi connectivity index (χ1n) is 6.56. The smallest absolute Gasteiger partial charge is 0.410 e. The summed E-state index contributed by atoms with van der Waals surface area (Å²) in [6.07, 6.45) is 7.29. The summed E-state index contributed by atoms with van der Waals surface area (Å²) in [5.41, 5.74) is 0. The van der Waals surface area contributed by atoms with E-state index < -0.39 is 0 Å². The molecule has 4 heteroatoms. The largest absolute Gasteiger partial charge is 0.443 e. The predicted molar refractivity (Wildman–Crippen MR) is 60.3 cm³/mol. The molecule has 4 nitrogen and oxygen atoms in total. The van der Waals surface area contributed by atoms with Crippen molar-refractivity contribution >= 4 is 6.09 Å². The predicted octanol–water partition coefficient (Wildman–Crippen LogP) is 1.50. The number of hydrogen-bond donors (Lipinski definition) is 1. The third kappa shape index (κ3) is 1.69. The molecule has 3 rings (SSSR count). The SMILES string of the molecule is O=C1OC2CNCCC2N1C1CCCCC1. The molecule has 2 saturated heterocycles. The Morgan fingerprint density at radius 3 is 2.81 bits per heavy atom. The van der Waals surface area contributed by atoms with E-state index in [0.717, 1.165) is 19.5 Å². The average Bonchev–Trinajstić information content (AvgIpc) is 2.66. The summed E-state index contributed by atoms with van der Waals surface area (Å²) in [4.78, 5) is 14.0. The molecule has 3 fully saturated rings. The van der Waals surface area contributed by atoms with Gasteiger partial charge < -0.3 is 10.1 Å². The second kappa shape index (κ2) is 4.24. The van der Waals surface area contributed by atoms with E-state index in [2.05, 4.69) is 10.2 Å². The van der Waals surface area contributed by atoms with Crippen LogP contribution in [0.15, 0.2) is 0 Å². The van der Waals surface area contributed by atoms with E-state index in [0.29, 0.717) is 12.1 Å². The molecule has 1 N–H and O–H groups in total. The van der Waals surface area contributed by atoms with Crippen LogP contribution in [-0.2, 0) is 4.74 Å². The van der Waals surface area contributed by atoms with Gasteiger partial charge in [0.25, 0.3) is 0 Å². The minimum absolute atomic E-state index is 0.0643. The highest BCUT2D eigenvalue weighted by Gasteiger charge is 2.45. The Labute approximate surface area is 96.3 Å². The summed E-state index contributed by atoms with van der Waals surface area (Å²) in [6, 6.07) is 0.797. The molecule has 90 valence electrons. The minimum atomic E-state index is -0.0643. The van der Waals surface area contributed by atoms with Gasteiger partial charge >= 0.3 is 6.09 Å². The number of nitrogens with zero attached hydrogens (tertiary/aromatic N) is 1. The molecule has 0 radical (unpaired) electrons. The molecule has 1 saturated carbocycles. The van der Waals surface area contributed by atoms with Crippen LogP contribution in [0.25, 0.3) is 0 Å². The fraction of sp³-hybridized carbons (Fsp3) is 0.917. The van der Waals surface area contributed by atoms with Crippen LogP contribution in [-0.4, -0.2) is 42.3 Å². The highest BCUT2D eigenvalue weighted by Crippen LogP contribution is 2.32. The number of amides is 1. The summed E-state index contributed by atoms with van der Waals surface area (Å²) in [5.74, 6) is 0. The molecule has 0 aromatic rings. The zero-order valence-electron chi connectivity index (χ0n) is 9.65. The minimum Gasteiger partial charge on any atom is -0.443 e. The summed E-state index contributed by atoms with van der Waals surface area (Å²) in [5, 5.41) is 3.30. The van der Waals surface area contributed by atoms with Crippen LogP contribution in [0.3, 0.4) is 0 Å². The van der Waals surface area contributed by atoms with Crippen molar-refractivity contribution in [2.24, 2.45) is 0 Å². The first-order valence-corrected chi connectivity index (χ1v) is 6.56. The van der Waals surface area contributed by atoms with E-state index >= 15 is 0 Å². The van der Waals surface area contributed by atoms with Gasteiger partial charge in [-0.15, -0.1) is 0 Å². The molecular weight excluding hydrogens is 204 g/mol. The fourth-order valence-corrected chi connectivity index (χ4v) is 3.36. The van der Waals surface area contributed by atoms with Gasteiger partial charge in [0.2, 0.25) is 0 Å². The van der Waals surface area contributed by atoms with Crippen molar-refractivity contribution in [2.45, 2.75) is 56.7 Å². The van der Waals surface area contributed by atoms with Crippen molar-refractivity contribution in [1.29, 1.82) is 0 Å². The normalized spacial score (nSPS) is 36.0. The van der Waals surface area contributed by atoms with Gasteiger partial charge in [-0.3, -0.25) is 4.90 Å². The Morgan fingerprint density at radius 1 is 1.19 bits per heavy atom. The Hall–Kier alpha value is -0.770. The van der Waals surface area contributed by atoms with E-state index in [1.807, 2.05) is 0 Å². The number of carbonyl (C=O) groups is 1. The van der Waals surface area contributed by atoms with Gasteiger partial charge in [-0.25, -0.2) is 4.79 Å². The number of nitrogens with one attached hydrogen (secondary N) is 1. The van der Waals surface area contributed by atoms with Gasteiger partial charge in [-0.05, 0) is 25.8 Å².